The lowest BCUT2D eigenvalue weighted by Gasteiger charge is -2.32. The van der Waals surface area contributed by atoms with Crippen molar-refractivity contribution in [3.8, 4) is 5.75 Å². The Balaban J connectivity index is 1.73. The average Bonchev–Trinajstić information content (AvgIpc) is 2.80. The number of carbonyl (C=O) groups is 2. The van der Waals surface area contributed by atoms with E-state index in [0.29, 0.717) is 23.7 Å². The predicted octanol–water partition coefficient (Wildman–Crippen LogP) is 4.98. The molecular weight excluding hydrogens is 412 g/mol. The monoisotopic (exact) mass is 442 g/mol. The summed E-state index contributed by atoms with van der Waals surface area (Å²) >= 11 is 6.01. The molecule has 1 fully saturated rings. The molecule has 2 aromatic rings. The molecule has 5 nitrogen and oxygen atoms in total. The lowest BCUT2D eigenvalue weighted by Crippen LogP contribution is -2.52. The van der Waals surface area contributed by atoms with Crippen LogP contribution in [0.3, 0.4) is 0 Å². The standard InChI is InChI=1S/C25H31ClN2O3/c1-2-23(25(30)27-21-9-5-3-6-10-21)28(17-19-13-15-20(26)16-14-19)24(29)18-31-22-11-7-4-8-12-22/h4,7-8,11-16,21,23H,2-3,5-6,9-10,17-18H2,1H3,(H,27,30)/t23-/m1/s1. The maximum absolute atomic E-state index is 13.2. The Morgan fingerprint density at radius 1 is 1.06 bits per heavy atom. The number of nitrogens with zero attached hydrogens (tertiary/aromatic N) is 1. The second kappa shape index (κ2) is 11.8. The summed E-state index contributed by atoms with van der Waals surface area (Å²) < 4.78 is 5.69. The SMILES string of the molecule is CC[C@H](C(=O)NC1CCCCC1)N(Cc1ccc(Cl)cc1)C(=O)COc1ccccc1. The summed E-state index contributed by atoms with van der Waals surface area (Å²) in [5.41, 5.74) is 0.918. The first-order valence-electron chi connectivity index (χ1n) is 11.1. The maximum atomic E-state index is 13.2. The fourth-order valence-electron chi connectivity index (χ4n) is 4.00. The van der Waals surface area contributed by atoms with Crippen molar-refractivity contribution in [3.05, 3.63) is 65.2 Å². The van der Waals surface area contributed by atoms with Gasteiger partial charge >= 0.3 is 0 Å². The summed E-state index contributed by atoms with van der Waals surface area (Å²) in [6.07, 6.45) is 6.04. The van der Waals surface area contributed by atoms with Crippen LogP contribution in [0.25, 0.3) is 0 Å². The highest BCUT2D eigenvalue weighted by atomic mass is 35.5. The minimum Gasteiger partial charge on any atom is -0.484 e. The number of carbonyl (C=O) groups excluding carboxylic acids is 2. The van der Waals surface area contributed by atoms with E-state index in [1.165, 1.54) is 6.42 Å². The third kappa shape index (κ3) is 7.00. The van der Waals surface area contributed by atoms with Crippen molar-refractivity contribution in [2.24, 2.45) is 0 Å². The van der Waals surface area contributed by atoms with E-state index in [1.54, 1.807) is 17.0 Å². The molecule has 2 aromatic carbocycles. The smallest absolute Gasteiger partial charge is 0.261 e. The second-order valence-electron chi connectivity index (χ2n) is 8.02. The van der Waals surface area contributed by atoms with Gasteiger partial charge in [0.25, 0.3) is 5.91 Å². The molecule has 1 saturated carbocycles. The van der Waals surface area contributed by atoms with Crippen LogP contribution in [-0.2, 0) is 16.1 Å². The van der Waals surface area contributed by atoms with E-state index in [0.717, 1.165) is 31.2 Å². The highest BCUT2D eigenvalue weighted by molar-refractivity contribution is 6.30. The minimum absolute atomic E-state index is 0.0866. The topological polar surface area (TPSA) is 58.6 Å². The van der Waals surface area contributed by atoms with Crippen LogP contribution in [-0.4, -0.2) is 35.4 Å². The van der Waals surface area contributed by atoms with Gasteiger partial charge in [-0.3, -0.25) is 9.59 Å². The van der Waals surface area contributed by atoms with Crippen LogP contribution in [0.1, 0.15) is 51.0 Å². The number of halogens is 1. The van der Waals surface area contributed by atoms with Gasteiger partial charge in [0.05, 0.1) is 0 Å². The summed E-state index contributed by atoms with van der Waals surface area (Å²) in [7, 11) is 0. The normalized spacial score (nSPS) is 15.2. The Morgan fingerprint density at radius 2 is 1.74 bits per heavy atom. The van der Waals surface area contributed by atoms with E-state index >= 15 is 0 Å². The summed E-state index contributed by atoms with van der Waals surface area (Å²) in [4.78, 5) is 27.9. The molecule has 0 spiro atoms. The Bertz CT molecular complexity index is 836. The first-order chi connectivity index (χ1) is 15.1. The van der Waals surface area contributed by atoms with E-state index < -0.39 is 6.04 Å². The molecule has 0 aromatic heterocycles. The van der Waals surface area contributed by atoms with Crippen molar-refractivity contribution < 1.29 is 14.3 Å². The Hall–Kier alpha value is -2.53. The van der Waals surface area contributed by atoms with Gasteiger partial charge in [0, 0.05) is 17.6 Å². The fourth-order valence-corrected chi connectivity index (χ4v) is 4.12. The van der Waals surface area contributed by atoms with E-state index in [1.807, 2.05) is 49.4 Å². The van der Waals surface area contributed by atoms with Gasteiger partial charge in [0.1, 0.15) is 11.8 Å². The Labute approximate surface area is 189 Å². The molecule has 0 heterocycles. The number of hydrogen-bond donors (Lipinski definition) is 1. The van der Waals surface area contributed by atoms with Crippen LogP contribution in [0.5, 0.6) is 5.75 Å². The largest absolute Gasteiger partial charge is 0.484 e. The van der Waals surface area contributed by atoms with Crippen LogP contribution >= 0.6 is 11.6 Å². The number of rotatable bonds is 9. The Kier molecular flexibility index (Phi) is 8.77. The molecule has 6 heteroatoms. The summed E-state index contributed by atoms with van der Waals surface area (Å²) in [5, 5.41) is 3.81. The van der Waals surface area contributed by atoms with Gasteiger partial charge in [-0.05, 0) is 49.1 Å². The molecule has 0 saturated heterocycles. The maximum Gasteiger partial charge on any atom is 0.261 e. The van der Waals surface area contributed by atoms with Gasteiger partial charge in [-0.25, -0.2) is 0 Å². The molecule has 0 bridgehead atoms. The van der Waals surface area contributed by atoms with E-state index in [4.69, 9.17) is 16.3 Å². The molecule has 1 aliphatic carbocycles. The molecule has 1 N–H and O–H groups in total. The summed E-state index contributed by atoms with van der Waals surface area (Å²) in [6.45, 7) is 2.14. The number of nitrogens with one attached hydrogen (secondary N) is 1. The number of para-hydroxylation sites is 1. The minimum atomic E-state index is -0.551. The van der Waals surface area contributed by atoms with Gasteiger partial charge in [-0.1, -0.05) is 68.1 Å². The van der Waals surface area contributed by atoms with Crippen molar-refractivity contribution in [2.75, 3.05) is 6.61 Å². The number of hydrogen-bond acceptors (Lipinski definition) is 3. The van der Waals surface area contributed by atoms with Crippen LogP contribution < -0.4 is 10.1 Å². The van der Waals surface area contributed by atoms with Crippen LogP contribution in [0.15, 0.2) is 54.6 Å². The average molecular weight is 443 g/mol. The third-order valence-electron chi connectivity index (χ3n) is 5.71. The molecule has 166 valence electrons. The zero-order chi connectivity index (χ0) is 22.1. The third-order valence-corrected chi connectivity index (χ3v) is 5.96. The molecule has 0 aliphatic heterocycles. The van der Waals surface area contributed by atoms with Crippen LogP contribution in [0.4, 0.5) is 0 Å². The first kappa shape index (κ1) is 23.1. The van der Waals surface area contributed by atoms with Gasteiger partial charge < -0.3 is 15.0 Å². The van der Waals surface area contributed by atoms with Crippen molar-refractivity contribution in [1.29, 1.82) is 0 Å². The highest BCUT2D eigenvalue weighted by Gasteiger charge is 2.30. The quantitative estimate of drug-likeness (QED) is 0.596. The van der Waals surface area contributed by atoms with Gasteiger partial charge in [0.15, 0.2) is 6.61 Å². The fraction of sp³-hybridized carbons (Fsp3) is 0.440. The number of benzene rings is 2. The predicted molar refractivity (Wildman–Crippen MR) is 123 cm³/mol. The molecule has 1 aliphatic rings. The van der Waals surface area contributed by atoms with Crippen molar-refractivity contribution in [2.45, 2.75) is 64.1 Å². The van der Waals surface area contributed by atoms with E-state index in [-0.39, 0.29) is 24.5 Å². The summed E-state index contributed by atoms with van der Waals surface area (Å²) in [5.74, 6) is 0.322. The van der Waals surface area contributed by atoms with Crippen molar-refractivity contribution in [1.82, 2.24) is 10.2 Å². The lowest BCUT2D eigenvalue weighted by molar-refractivity contribution is -0.143. The lowest BCUT2D eigenvalue weighted by atomic mass is 9.95. The zero-order valence-electron chi connectivity index (χ0n) is 18.1. The molecule has 3 rings (SSSR count). The van der Waals surface area contributed by atoms with Crippen LogP contribution in [0, 0.1) is 0 Å². The molecule has 1 atom stereocenters. The zero-order valence-corrected chi connectivity index (χ0v) is 18.8. The molecule has 2 amide bonds. The van der Waals surface area contributed by atoms with Gasteiger partial charge in [0.2, 0.25) is 5.91 Å². The van der Waals surface area contributed by atoms with E-state index in [2.05, 4.69) is 5.32 Å². The van der Waals surface area contributed by atoms with Gasteiger partial charge in [-0.2, -0.15) is 0 Å². The van der Waals surface area contributed by atoms with E-state index in [9.17, 15) is 9.59 Å². The van der Waals surface area contributed by atoms with Crippen molar-refractivity contribution in [3.63, 3.8) is 0 Å². The number of amides is 2. The molecule has 31 heavy (non-hydrogen) atoms. The molecular formula is C25H31ClN2O3. The second-order valence-corrected chi connectivity index (χ2v) is 8.45. The van der Waals surface area contributed by atoms with Crippen molar-refractivity contribution >= 4 is 23.4 Å². The van der Waals surface area contributed by atoms with Crippen LogP contribution in [0.2, 0.25) is 5.02 Å². The highest BCUT2D eigenvalue weighted by Crippen LogP contribution is 2.20. The first-order valence-corrected chi connectivity index (χ1v) is 11.5. The Morgan fingerprint density at radius 3 is 2.39 bits per heavy atom. The molecule has 0 radical (unpaired) electrons. The number of ether oxygens (including phenoxy) is 1. The van der Waals surface area contributed by atoms with Gasteiger partial charge in [-0.15, -0.1) is 0 Å². The summed E-state index contributed by atoms with van der Waals surface area (Å²) in [6, 6.07) is 16.2. The molecule has 0 unspecified atom stereocenters.